The largest absolute Gasteiger partial charge is 0.329 e. The van der Waals surface area contributed by atoms with Gasteiger partial charge in [0.1, 0.15) is 0 Å². The van der Waals surface area contributed by atoms with Gasteiger partial charge in [-0.3, -0.25) is 0 Å². The van der Waals surface area contributed by atoms with Crippen molar-refractivity contribution in [2.45, 2.75) is 6.04 Å². The summed E-state index contributed by atoms with van der Waals surface area (Å²) >= 11 is 9.12. The van der Waals surface area contributed by atoms with E-state index in [0.29, 0.717) is 11.6 Å². The van der Waals surface area contributed by atoms with Gasteiger partial charge in [-0.05, 0) is 33.6 Å². The van der Waals surface area contributed by atoms with E-state index in [2.05, 4.69) is 15.9 Å². The molecule has 12 heavy (non-hydrogen) atoms. The summed E-state index contributed by atoms with van der Waals surface area (Å²) in [5, 5.41) is 0.683. The molecular formula is C8H10BrClN2. The molecule has 1 aromatic rings. The standard InChI is InChI=1S/C8H10BrClN2/c9-6-3-5(8(12)4-11)1-2-7(6)10/h1-3,8H,4,11-12H2/t8-/m1/s1. The fourth-order valence-electron chi connectivity index (χ4n) is 0.879. The van der Waals surface area contributed by atoms with E-state index in [1.807, 2.05) is 12.1 Å². The molecule has 0 aliphatic rings. The Balaban J connectivity index is 2.96. The molecule has 1 aromatic carbocycles. The maximum Gasteiger partial charge on any atom is 0.0548 e. The Hall–Kier alpha value is -0.0900. The average molecular weight is 250 g/mol. The molecule has 1 atom stereocenters. The number of hydrogen-bond acceptors (Lipinski definition) is 2. The highest BCUT2D eigenvalue weighted by atomic mass is 79.9. The third-order valence-corrected chi connectivity index (χ3v) is 2.84. The molecule has 0 aromatic heterocycles. The molecule has 0 aliphatic carbocycles. The second-order valence-corrected chi connectivity index (χ2v) is 3.78. The van der Waals surface area contributed by atoms with Gasteiger partial charge in [0.2, 0.25) is 0 Å². The fourth-order valence-corrected chi connectivity index (χ4v) is 1.39. The van der Waals surface area contributed by atoms with Crippen molar-refractivity contribution < 1.29 is 0 Å². The number of benzene rings is 1. The van der Waals surface area contributed by atoms with Gasteiger partial charge in [-0.1, -0.05) is 17.7 Å². The molecule has 2 nitrogen and oxygen atoms in total. The first-order valence-corrected chi connectivity index (χ1v) is 4.73. The van der Waals surface area contributed by atoms with Gasteiger partial charge >= 0.3 is 0 Å². The van der Waals surface area contributed by atoms with Crippen LogP contribution in [0.4, 0.5) is 0 Å². The van der Waals surface area contributed by atoms with Crippen LogP contribution >= 0.6 is 27.5 Å². The molecule has 0 aliphatic heterocycles. The van der Waals surface area contributed by atoms with E-state index in [4.69, 9.17) is 23.1 Å². The van der Waals surface area contributed by atoms with Crippen LogP contribution in [0.5, 0.6) is 0 Å². The van der Waals surface area contributed by atoms with Gasteiger partial charge in [-0.25, -0.2) is 0 Å². The van der Waals surface area contributed by atoms with Crippen molar-refractivity contribution in [3.05, 3.63) is 33.3 Å². The second kappa shape index (κ2) is 4.23. The van der Waals surface area contributed by atoms with Crippen LogP contribution in [0.15, 0.2) is 22.7 Å². The number of rotatable bonds is 2. The predicted octanol–water partition coefficient (Wildman–Crippen LogP) is 2.06. The van der Waals surface area contributed by atoms with Crippen LogP contribution in [0.25, 0.3) is 0 Å². The third-order valence-electron chi connectivity index (χ3n) is 1.63. The van der Waals surface area contributed by atoms with Crippen molar-refractivity contribution in [2.24, 2.45) is 11.5 Å². The summed E-state index contributed by atoms with van der Waals surface area (Å²) in [6, 6.07) is 5.46. The first-order valence-electron chi connectivity index (χ1n) is 3.55. The van der Waals surface area contributed by atoms with Gasteiger partial charge < -0.3 is 11.5 Å². The van der Waals surface area contributed by atoms with E-state index in [1.54, 1.807) is 6.07 Å². The van der Waals surface area contributed by atoms with E-state index in [0.717, 1.165) is 10.0 Å². The second-order valence-electron chi connectivity index (χ2n) is 2.52. The van der Waals surface area contributed by atoms with E-state index < -0.39 is 0 Å². The molecule has 0 heterocycles. The third kappa shape index (κ3) is 2.20. The average Bonchev–Trinajstić information content (AvgIpc) is 2.08. The Morgan fingerprint density at radius 3 is 2.67 bits per heavy atom. The van der Waals surface area contributed by atoms with Gasteiger partial charge in [0.15, 0.2) is 0 Å². The van der Waals surface area contributed by atoms with Crippen molar-refractivity contribution in [1.82, 2.24) is 0 Å². The molecule has 4 N–H and O–H groups in total. The number of nitrogens with two attached hydrogens (primary N) is 2. The van der Waals surface area contributed by atoms with E-state index in [9.17, 15) is 0 Å². The smallest absolute Gasteiger partial charge is 0.0548 e. The molecule has 0 saturated heterocycles. The summed E-state index contributed by atoms with van der Waals surface area (Å²) in [5.74, 6) is 0. The summed E-state index contributed by atoms with van der Waals surface area (Å²) < 4.78 is 0.852. The fraction of sp³-hybridized carbons (Fsp3) is 0.250. The Morgan fingerprint density at radius 2 is 2.17 bits per heavy atom. The minimum atomic E-state index is -0.112. The Kier molecular flexibility index (Phi) is 3.53. The maximum atomic E-state index is 5.81. The predicted molar refractivity (Wildman–Crippen MR) is 55.1 cm³/mol. The normalized spacial score (nSPS) is 13.0. The van der Waals surface area contributed by atoms with Crippen LogP contribution in [-0.2, 0) is 0 Å². The molecule has 0 unspecified atom stereocenters. The zero-order valence-corrected chi connectivity index (χ0v) is 8.77. The number of hydrogen-bond donors (Lipinski definition) is 2. The van der Waals surface area contributed by atoms with Gasteiger partial charge in [0.05, 0.1) is 5.02 Å². The van der Waals surface area contributed by atoms with Crippen molar-refractivity contribution in [3.8, 4) is 0 Å². The van der Waals surface area contributed by atoms with E-state index >= 15 is 0 Å². The monoisotopic (exact) mass is 248 g/mol. The highest BCUT2D eigenvalue weighted by molar-refractivity contribution is 9.10. The first-order chi connectivity index (χ1) is 5.65. The quantitative estimate of drug-likeness (QED) is 0.843. The SMILES string of the molecule is NC[C@@H](N)c1ccc(Cl)c(Br)c1. The minimum Gasteiger partial charge on any atom is -0.329 e. The Labute approximate surface area is 85.0 Å². The molecule has 0 saturated carbocycles. The van der Waals surface area contributed by atoms with Gasteiger partial charge in [-0.15, -0.1) is 0 Å². The summed E-state index contributed by atoms with van der Waals surface area (Å²) in [7, 11) is 0. The molecule has 0 amide bonds. The van der Waals surface area contributed by atoms with Crippen molar-refractivity contribution >= 4 is 27.5 Å². The van der Waals surface area contributed by atoms with Gasteiger partial charge in [0.25, 0.3) is 0 Å². The van der Waals surface area contributed by atoms with Crippen LogP contribution in [0.1, 0.15) is 11.6 Å². The van der Waals surface area contributed by atoms with Gasteiger partial charge in [0, 0.05) is 17.1 Å². The molecule has 1 rings (SSSR count). The van der Waals surface area contributed by atoms with Crippen molar-refractivity contribution in [2.75, 3.05) is 6.54 Å². The zero-order chi connectivity index (χ0) is 9.14. The summed E-state index contributed by atoms with van der Waals surface area (Å²) in [4.78, 5) is 0. The lowest BCUT2D eigenvalue weighted by Gasteiger charge is -2.09. The van der Waals surface area contributed by atoms with Crippen LogP contribution in [0, 0.1) is 0 Å². The van der Waals surface area contributed by atoms with Crippen molar-refractivity contribution in [1.29, 1.82) is 0 Å². The van der Waals surface area contributed by atoms with Crippen molar-refractivity contribution in [3.63, 3.8) is 0 Å². The minimum absolute atomic E-state index is 0.112. The Morgan fingerprint density at radius 1 is 1.50 bits per heavy atom. The lowest BCUT2D eigenvalue weighted by atomic mass is 10.1. The highest BCUT2D eigenvalue weighted by Gasteiger charge is 2.05. The van der Waals surface area contributed by atoms with Crippen LogP contribution < -0.4 is 11.5 Å². The Bertz CT molecular complexity index is 278. The molecule has 0 spiro atoms. The molecule has 0 fully saturated rings. The summed E-state index contributed by atoms with van der Waals surface area (Å²) in [6.45, 7) is 0.439. The maximum absolute atomic E-state index is 5.81. The van der Waals surface area contributed by atoms with Crippen LogP contribution in [-0.4, -0.2) is 6.54 Å². The van der Waals surface area contributed by atoms with E-state index in [1.165, 1.54) is 0 Å². The molecule has 0 bridgehead atoms. The van der Waals surface area contributed by atoms with E-state index in [-0.39, 0.29) is 6.04 Å². The molecule has 4 heteroatoms. The number of halogens is 2. The molecule has 0 radical (unpaired) electrons. The molecular weight excluding hydrogens is 239 g/mol. The van der Waals surface area contributed by atoms with Gasteiger partial charge in [-0.2, -0.15) is 0 Å². The highest BCUT2D eigenvalue weighted by Crippen LogP contribution is 2.24. The summed E-state index contributed by atoms with van der Waals surface area (Å²) in [5.41, 5.74) is 12.1. The van der Waals surface area contributed by atoms with Crippen LogP contribution in [0.2, 0.25) is 5.02 Å². The first kappa shape index (κ1) is 9.99. The zero-order valence-electron chi connectivity index (χ0n) is 6.43. The molecule has 66 valence electrons. The van der Waals surface area contributed by atoms with Crippen LogP contribution in [0.3, 0.4) is 0 Å². The summed E-state index contributed by atoms with van der Waals surface area (Å²) in [6.07, 6.45) is 0. The topological polar surface area (TPSA) is 52.0 Å². The lowest BCUT2D eigenvalue weighted by molar-refractivity contribution is 0.736. The lowest BCUT2D eigenvalue weighted by Crippen LogP contribution is -2.20.